The van der Waals surface area contributed by atoms with Gasteiger partial charge in [0.15, 0.2) is 6.10 Å². The van der Waals surface area contributed by atoms with Crippen LogP contribution < -0.4 is 9.64 Å². The molecule has 1 atom stereocenters. The number of amides is 1. The number of benzene rings is 2. The van der Waals surface area contributed by atoms with Crippen LogP contribution in [0, 0.1) is 0 Å². The fourth-order valence-electron chi connectivity index (χ4n) is 4.20. The third kappa shape index (κ3) is 5.93. The van der Waals surface area contributed by atoms with Gasteiger partial charge in [-0.1, -0.05) is 6.07 Å². The minimum atomic E-state index is -4.44. The molecule has 2 aromatic rings. The second-order valence-corrected chi connectivity index (χ2v) is 10.5. The van der Waals surface area contributed by atoms with Crippen molar-refractivity contribution < 1.29 is 35.9 Å². The van der Waals surface area contributed by atoms with E-state index in [9.17, 15) is 26.4 Å². The SMILES string of the molecule is C[C@@H](Oc1ccc(S(=O)(=O)N2CCN(c3cccc(C(F)(F)F)c3)CC2)cc1)C(=O)N1CCOCC1. The maximum Gasteiger partial charge on any atom is 0.416 e. The van der Waals surface area contributed by atoms with Gasteiger partial charge in [-0.05, 0) is 49.4 Å². The van der Waals surface area contributed by atoms with Crippen molar-refractivity contribution in [3.05, 3.63) is 54.1 Å². The Balaban J connectivity index is 1.36. The fraction of sp³-hybridized carbons (Fsp3) is 0.458. The van der Waals surface area contributed by atoms with E-state index in [4.69, 9.17) is 9.47 Å². The summed E-state index contributed by atoms with van der Waals surface area (Å²) in [4.78, 5) is 16.0. The largest absolute Gasteiger partial charge is 0.481 e. The van der Waals surface area contributed by atoms with Gasteiger partial charge in [-0.3, -0.25) is 4.79 Å². The molecule has 2 aliphatic heterocycles. The Morgan fingerprint density at radius 3 is 2.22 bits per heavy atom. The van der Waals surface area contributed by atoms with Crippen LogP contribution in [0.2, 0.25) is 0 Å². The number of halogens is 3. The highest BCUT2D eigenvalue weighted by atomic mass is 32.2. The molecule has 0 aromatic heterocycles. The number of piperazine rings is 1. The van der Waals surface area contributed by atoms with Crippen LogP contribution in [0.5, 0.6) is 5.75 Å². The molecule has 36 heavy (non-hydrogen) atoms. The highest BCUT2D eigenvalue weighted by molar-refractivity contribution is 7.89. The normalized spacial score (nSPS) is 18.7. The molecule has 2 aromatic carbocycles. The Morgan fingerprint density at radius 2 is 1.61 bits per heavy atom. The van der Waals surface area contributed by atoms with Gasteiger partial charge in [-0.25, -0.2) is 8.42 Å². The van der Waals surface area contributed by atoms with Crippen molar-refractivity contribution >= 4 is 21.6 Å². The third-order valence-corrected chi connectivity index (χ3v) is 8.14. The third-order valence-electron chi connectivity index (χ3n) is 6.22. The first-order valence-corrected chi connectivity index (χ1v) is 13.1. The molecule has 196 valence electrons. The lowest BCUT2D eigenvalue weighted by atomic mass is 10.1. The summed E-state index contributed by atoms with van der Waals surface area (Å²) in [6, 6.07) is 10.9. The molecule has 1 amide bonds. The number of alkyl halides is 3. The molecule has 0 bridgehead atoms. The number of morpholine rings is 1. The van der Waals surface area contributed by atoms with E-state index in [0.717, 1.165) is 12.1 Å². The van der Waals surface area contributed by atoms with Crippen molar-refractivity contribution in [2.45, 2.75) is 24.1 Å². The molecule has 2 fully saturated rings. The molecule has 0 unspecified atom stereocenters. The molecular weight excluding hydrogens is 499 g/mol. The van der Waals surface area contributed by atoms with E-state index < -0.39 is 27.9 Å². The molecule has 0 radical (unpaired) electrons. The number of ether oxygens (including phenoxy) is 2. The van der Waals surface area contributed by atoms with Crippen molar-refractivity contribution in [3.8, 4) is 5.75 Å². The lowest BCUT2D eigenvalue weighted by Crippen LogP contribution is -2.48. The number of carbonyl (C=O) groups excluding carboxylic acids is 1. The lowest BCUT2D eigenvalue weighted by Gasteiger charge is -2.35. The van der Waals surface area contributed by atoms with E-state index in [1.807, 2.05) is 0 Å². The van der Waals surface area contributed by atoms with Gasteiger partial charge in [0.25, 0.3) is 5.91 Å². The summed E-state index contributed by atoms with van der Waals surface area (Å²) in [6.45, 7) is 4.44. The summed E-state index contributed by atoms with van der Waals surface area (Å²) in [5, 5.41) is 0. The van der Waals surface area contributed by atoms with Crippen molar-refractivity contribution in [2.24, 2.45) is 0 Å². The van der Waals surface area contributed by atoms with Gasteiger partial charge < -0.3 is 19.3 Å². The Morgan fingerprint density at radius 1 is 0.972 bits per heavy atom. The van der Waals surface area contributed by atoms with Gasteiger partial charge in [0, 0.05) is 45.0 Å². The van der Waals surface area contributed by atoms with E-state index >= 15 is 0 Å². The monoisotopic (exact) mass is 527 g/mol. The molecule has 2 aliphatic rings. The Kier molecular flexibility index (Phi) is 7.76. The van der Waals surface area contributed by atoms with Crippen molar-refractivity contribution in [3.63, 3.8) is 0 Å². The molecule has 0 saturated carbocycles. The van der Waals surface area contributed by atoms with Crippen LogP contribution in [-0.4, -0.2) is 82.1 Å². The van der Waals surface area contributed by atoms with Crippen molar-refractivity contribution in [2.75, 3.05) is 57.4 Å². The number of sulfonamides is 1. The second-order valence-electron chi connectivity index (χ2n) is 8.61. The minimum absolute atomic E-state index is 0.0783. The summed E-state index contributed by atoms with van der Waals surface area (Å²) in [5.74, 6) is 0.214. The van der Waals surface area contributed by atoms with Gasteiger partial charge in [0.2, 0.25) is 10.0 Å². The first kappa shape index (κ1) is 26.2. The van der Waals surface area contributed by atoms with E-state index in [0.29, 0.717) is 37.7 Å². The molecule has 0 N–H and O–H groups in total. The average molecular weight is 528 g/mol. The number of hydrogen-bond donors (Lipinski definition) is 0. The number of hydrogen-bond acceptors (Lipinski definition) is 6. The summed E-state index contributed by atoms with van der Waals surface area (Å²) < 4.78 is 77.6. The number of anilines is 1. The zero-order chi connectivity index (χ0) is 25.9. The first-order chi connectivity index (χ1) is 17.1. The van der Waals surface area contributed by atoms with Crippen LogP contribution in [0.4, 0.5) is 18.9 Å². The van der Waals surface area contributed by atoms with Crippen LogP contribution in [0.3, 0.4) is 0 Å². The van der Waals surface area contributed by atoms with Gasteiger partial charge in [-0.2, -0.15) is 17.5 Å². The van der Waals surface area contributed by atoms with Gasteiger partial charge in [0.05, 0.1) is 23.7 Å². The van der Waals surface area contributed by atoms with Crippen LogP contribution in [0.1, 0.15) is 12.5 Å². The van der Waals surface area contributed by atoms with Gasteiger partial charge >= 0.3 is 6.18 Å². The molecule has 2 heterocycles. The summed E-state index contributed by atoms with van der Waals surface area (Å²) >= 11 is 0. The first-order valence-electron chi connectivity index (χ1n) is 11.6. The van der Waals surface area contributed by atoms with Crippen LogP contribution in [0.15, 0.2) is 53.4 Å². The predicted molar refractivity (Wildman–Crippen MR) is 126 cm³/mol. The standard InChI is InChI=1S/C24H28F3N3O5S/c1-18(23(31)29-13-15-34-16-14-29)35-21-5-7-22(8-6-21)36(32,33)30-11-9-28(10-12-30)20-4-2-3-19(17-20)24(25,26)27/h2-8,17-18H,9-16H2,1H3/t18-/m1/s1. The molecule has 2 saturated heterocycles. The maximum atomic E-state index is 13.1. The van der Waals surface area contributed by atoms with Crippen LogP contribution in [-0.2, 0) is 25.7 Å². The highest BCUT2D eigenvalue weighted by Gasteiger charge is 2.32. The van der Waals surface area contributed by atoms with Gasteiger partial charge in [0.1, 0.15) is 5.75 Å². The van der Waals surface area contributed by atoms with Crippen molar-refractivity contribution in [1.29, 1.82) is 0 Å². The smallest absolute Gasteiger partial charge is 0.416 e. The molecular formula is C24H28F3N3O5S. The van der Waals surface area contributed by atoms with Crippen molar-refractivity contribution in [1.82, 2.24) is 9.21 Å². The fourth-order valence-corrected chi connectivity index (χ4v) is 5.62. The number of rotatable bonds is 6. The molecule has 8 nitrogen and oxygen atoms in total. The predicted octanol–water partition coefficient (Wildman–Crippen LogP) is 2.84. The summed E-state index contributed by atoms with van der Waals surface area (Å²) in [5.41, 5.74) is -0.331. The summed E-state index contributed by atoms with van der Waals surface area (Å²) in [6.07, 6.45) is -5.17. The van der Waals surface area contributed by atoms with Gasteiger partial charge in [-0.15, -0.1) is 0 Å². The Bertz CT molecular complexity index is 1160. The lowest BCUT2D eigenvalue weighted by molar-refractivity contribution is -0.142. The van der Waals surface area contributed by atoms with E-state index in [2.05, 4.69) is 0 Å². The average Bonchev–Trinajstić information content (AvgIpc) is 2.88. The van der Waals surface area contributed by atoms with E-state index in [1.54, 1.807) is 22.8 Å². The zero-order valence-electron chi connectivity index (χ0n) is 19.8. The zero-order valence-corrected chi connectivity index (χ0v) is 20.6. The minimum Gasteiger partial charge on any atom is -0.481 e. The van der Waals surface area contributed by atoms with Crippen LogP contribution >= 0.6 is 0 Å². The van der Waals surface area contributed by atoms with Crippen LogP contribution in [0.25, 0.3) is 0 Å². The second kappa shape index (κ2) is 10.7. The van der Waals surface area contributed by atoms with E-state index in [-0.39, 0.29) is 37.0 Å². The molecule has 12 heteroatoms. The Hall–Kier alpha value is -2.83. The Labute approximate surface area is 208 Å². The number of nitrogens with zero attached hydrogens (tertiary/aromatic N) is 3. The topological polar surface area (TPSA) is 79.4 Å². The highest BCUT2D eigenvalue weighted by Crippen LogP contribution is 2.32. The summed E-state index contributed by atoms with van der Waals surface area (Å²) in [7, 11) is -3.80. The maximum absolute atomic E-state index is 13.1. The molecule has 0 spiro atoms. The molecule has 4 rings (SSSR count). The number of carbonyl (C=O) groups is 1. The van der Waals surface area contributed by atoms with E-state index in [1.165, 1.54) is 34.6 Å². The molecule has 0 aliphatic carbocycles. The quantitative estimate of drug-likeness (QED) is 0.575.